The summed E-state index contributed by atoms with van der Waals surface area (Å²) < 4.78 is 37.8. The Morgan fingerprint density at radius 1 is 1.44 bits per heavy atom. The Balaban J connectivity index is 3.00. The number of amides is 1. The van der Waals surface area contributed by atoms with Gasteiger partial charge >= 0.3 is 12.1 Å². The Morgan fingerprint density at radius 3 is 2.33 bits per heavy atom. The number of hydrogen-bond donors (Lipinski definition) is 3. The van der Waals surface area contributed by atoms with Gasteiger partial charge in [0.2, 0.25) is 5.54 Å². The van der Waals surface area contributed by atoms with Crippen molar-refractivity contribution in [3.8, 4) is 0 Å². The number of carbonyl (C=O) groups is 2. The van der Waals surface area contributed by atoms with Crippen LogP contribution in [-0.2, 0) is 4.79 Å². The fourth-order valence-electron chi connectivity index (χ4n) is 1.04. The van der Waals surface area contributed by atoms with Crippen molar-refractivity contribution in [1.29, 1.82) is 0 Å². The number of aromatic amines is 1. The summed E-state index contributed by atoms with van der Waals surface area (Å²) in [6.07, 6.45) is -3.95. The van der Waals surface area contributed by atoms with Gasteiger partial charge in [0.15, 0.2) is 0 Å². The zero-order valence-corrected chi connectivity index (χ0v) is 9.69. The zero-order valence-electron chi connectivity index (χ0n) is 8.93. The van der Waals surface area contributed by atoms with Crippen LogP contribution in [0.1, 0.15) is 17.4 Å². The summed E-state index contributed by atoms with van der Waals surface area (Å²) in [5.74, 6) is -3.43. The highest BCUT2D eigenvalue weighted by molar-refractivity contribution is 6.31. The molecule has 1 aromatic rings. The molecular weight excluding hydrogens is 277 g/mol. The minimum absolute atomic E-state index is 0.115. The average Bonchev–Trinajstić information content (AvgIpc) is 2.62. The molecule has 0 aliphatic heterocycles. The van der Waals surface area contributed by atoms with Crippen LogP contribution in [0.4, 0.5) is 13.2 Å². The van der Waals surface area contributed by atoms with Gasteiger partial charge in [-0.1, -0.05) is 11.6 Å². The summed E-state index contributed by atoms with van der Waals surface area (Å²) in [5.41, 5.74) is -3.64. The molecule has 0 aliphatic carbocycles. The molecular formula is C9H8ClF3N2O3. The Labute approximate surface area is 104 Å². The molecule has 1 unspecified atom stereocenters. The molecule has 0 fully saturated rings. The van der Waals surface area contributed by atoms with E-state index in [2.05, 4.69) is 4.98 Å². The van der Waals surface area contributed by atoms with Crippen molar-refractivity contribution in [3.05, 3.63) is 23.0 Å². The highest BCUT2D eigenvalue weighted by Crippen LogP contribution is 2.30. The largest absolute Gasteiger partial charge is 0.479 e. The smallest absolute Gasteiger partial charge is 0.422 e. The standard InChI is InChI=1S/C9H8ClF3N2O3/c1-8(7(17)18,9(11,12)13)15-6(16)5-2-4(10)3-14-5/h2-3,14H,1H3,(H,15,16)(H,17,18). The van der Waals surface area contributed by atoms with Crippen molar-refractivity contribution in [1.82, 2.24) is 10.3 Å². The van der Waals surface area contributed by atoms with Gasteiger partial charge in [-0.05, 0) is 13.0 Å². The number of halogens is 4. The van der Waals surface area contributed by atoms with Gasteiger partial charge < -0.3 is 15.4 Å². The van der Waals surface area contributed by atoms with Crippen LogP contribution in [0.25, 0.3) is 0 Å². The third kappa shape index (κ3) is 2.58. The Hall–Kier alpha value is -1.70. The molecule has 0 saturated carbocycles. The molecule has 1 aromatic heterocycles. The average molecular weight is 285 g/mol. The monoisotopic (exact) mass is 284 g/mol. The second kappa shape index (κ2) is 4.52. The van der Waals surface area contributed by atoms with E-state index < -0.39 is 23.6 Å². The van der Waals surface area contributed by atoms with E-state index in [0.29, 0.717) is 6.92 Å². The van der Waals surface area contributed by atoms with Gasteiger partial charge in [-0.25, -0.2) is 4.79 Å². The fourth-order valence-corrected chi connectivity index (χ4v) is 1.20. The summed E-state index contributed by atoms with van der Waals surface area (Å²) in [6.45, 7) is 0.359. The molecule has 0 aliphatic rings. The topological polar surface area (TPSA) is 82.2 Å². The lowest BCUT2D eigenvalue weighted by Gasteiger charge is -2.28. The molecule has 0 bridgehead atoms. The number of carbonyl (C=O) groups excluding carboxylic acids is 1. The number of aromatic nitrogens is 1. The molecule has 0 spiro atoms. The number of carboxylic acids is 1. The molecule has 1 amide bonds. The van der Waals surface area contributed by atoms with E-state index in [4.69, 9.17) is 16.7 Å². The molecule has 9 heteroatoms. The summed E-state index contributed by atoms with van der Waals surface area (Å²) in [5, 5.41) is 10.1. The molecule has 0 aromatic carbocycles. The maximum absolute atomic E-state index is 12.6. The maximum atomic E-state index is 12.6. The molecule has 1 atom stereocenters. The van der Waals surface area contributed by atoms with Crippen LogP contribution in [-0.4, -0.2) is 33.7 Å². The first-order valence-corrected chi connectivity index (χ1v) is 4.92. The number of carboxylic acid groups (broad SMARTS) is 1. The third-order valence-electron chi connectivity index (χ3n) is 2.25. The van der Waals surface area contributed by atoms with Crippen LogP contribution < -0.4 is 5.32 Å². The van der Waals surface area contributed by atoms with Crippen molar-refractivity contribution >= 4 is 23.5 Å². The lowest BCUT2D eigenvalue weighted by molar-refractivity contribution is -0.203. The van der Waals surface area contributed by atoms with Gasteiger partial charge in [0.25, 0.3) is 5.91 Å². The predicted octanol–water partition coefficient (Wildman–Crippen LogP) is 1.80. The minimum Gasteiger partial charge on any atom is -0.479 e. The Kier molecular flexibility index (Phi) is 3.61. The van der Waals surface area contributed by atoms with Gasteiger partial charge in [-0.2, -0.15) is 13.2 Å². The van der Waals surface area contributed by atoms with Crippen molar-refractivity contribution in [2.45, 2.75) is 18.6 Å². The normalized spacial score (nSPS) is 14.9. The number of H-pyrrole nitrogens is 1. The van der Waals surface area contributed by atoms with Crippen LogP contribution in [0.3, 0.4) is 0 Å². The van der Waals surface area contributed by atoms with Crippen molar-refractivity contribution in [2.24, 2.45) is 0 Å². The Morgan fingerprint density at radius 2 is 2.00 bits per heavy atom. The Bertz CT molecular complexity index is 486. The molecule has 1 heterocycles. The van der Waals surface area contributed by atoms with Gasteiger partial charge in [-0.15, -0.1) is 0 Å². The number of nitrogens with one attached hydrogen (secondary N) is 2. The highest BCUT2D eigenvalue weighted by atomic mass is 35.5. The van der Waals surface area contributed by atoms with Crippen molar-refractivity contribution < 1.29 is 27.9 Å². The predicted molar refractivity (Wildman–Crippen MR) is 55.4 cm³/mol. The van der Waals surface area contributed by atoms with Gasteiger partial charge in [-0.3, -0.25) is 4.79 Å². The van der Waals surface area contributed by atoms with E-state index in [1.807, 2.05) is 0 Å². The lowest BCUT2D eigenvalue weighted by atomic mass is 10.0. The van der Waals surface area contributed by atoms with Crippen LogP contribution in [0.15, 0.2) is 12.3 Å². The molecule has 1 rings (SSSR count). The number of rotatable bonds is 3. The van der Waals surface area contributed by atoms with Crippen LogP contribution in [0.5, 0.6) is 0 Å². The summed E-state index contributed by atoms with van der Waals surface area (Å²) in [6, 6.07) is 1.08. The zero-order chi connectivity index (χ0) is 14.1. The summed E-state index contributed by atoms with van der Waals surface area (Å²) in [4.78, 5) is 24.4. The molecule has 3 N–H and O–H groups in total. The van der Waals surface area contributed by atoms with E-state index in [-0.39, 0.29) is 10.7 Å². The third-order valence-corrected chi connectivity index (χ3v) is 2.47. The lowest BCUT2D eigenvalue weighted by Crippen LogP contribution is -2.61. The quantitative estimate of drug-likeness (QED) is 0.791. The van der Waals surface area contributed by atoms with Gasteiger partial charge in [0.05, 0.1) is 5.02 Å². The van der Waals surface area contributed by atoms with E-state index in [1.54, 1.807) is 0 Å². The minimum atomic E-state index is -5.13. The molecule has 0 saturated heterocycles. The second-order valence-corrected chi connectivity index (χ2v) is 4.05. The van der Waals surface area contributed by atoms with E-state index in [9.17, 15) is 22.8 Å². The number of alkyl halides is 3. The number of aliphatic carboxylic acids is 1. The van der Waals surface area contributed by atoms with Crippen molar-refractivity contribution in [2.75, 3.05) is 0 Å². The second-order valence-electron chi connectivity index (χ2n) is 3.61. The SMILES string of the molecule is CC(NC(=O)c1cc(Cl)c[nH]1)(C(=O)O)C(F)(F)F. The number of hydrogen-bond acceptors (Lipinski definition) is 2. The van der Waals surface area contributed by atoms with Crippen molar-refractivity contribution in [3.63, 3.8) is 0 Å². The van der Waals surface area contributed by atoms with E-state index in [0.717, 1.165) is 6.07 Å². The van der Waals surface area contributed by atoms with Crippen LogP contribution in [0.2, 0.25) is 5.02 Å². The molecule has 18 heavy (non-hydrogen) atoms. The maximum Gasteiger partial charge on any atom is 0.422 e. The van der Waals surface area contributed by atoms with Crippen LogP contribution >= 0.6 is 11.6 Å². The molecule has 0 radical (unpaired) electrons. The van der Waals surface area contributed by atoms with Gasteiger partial charge in [0.1, 0.15) is 5.69 Å². The van der Waals surface area contributed by atoms with E-state index in [1.165, 1.54) is 11.5 Å². The highest BCUT2D eigenvalue weighted by Gasteiger charge is 2.58. The van der Waals surface area contributed by atoms with Gasteiger partial charge in [0, 0.05) is 6.20 Å². The van der Waals surface area contributed by atoms with E-state index >= 15 is 0 Å². The first kappa shape index (κ1) is 14.4. The first-order valence-electron chi connectivity index (χ1n) is 4.54. The first-order chi connectivity index (χ1) is 8.08. The summed E-state index contributed by atoms with van der Waals surface area (Å²) >= 11 is 5.48. The fraction of sp³-hybridized carbons (Fsp3) is 0.333. The molecule has 100 valence electrons. The summed E-state index contributed by atoms with van der Waals surface area (Å²) in [7, 11) is 0. The van der Waals surface area contributed by atoms with Crippen LogP contribution in [0, 0.1) is 0 Å². The molecule has 5 nitrogen and oxygen atoms in total.